The summed E-state index contributed by atoms with van der Waals surface area (Å²) in [5, 5.41) is 3.52. The molecule has 2 aliphatic rings. The molecule has 5 nitrogen and oxygen atoms in total. The van der Waals surface area contributed by atoms with Gasteiger partial charge < -0.3 is 15.0 Å². The zero-order valence-corrected chi connectivity index (χ0v) is 21.3. The fourth-order valence-electron chi connectivity index (χ4n) is 4.96. The van der Waals surface area contributed by atoms with Gasteiger partial charge in [-0.25, -0.2) is 0 Å². The van der Waals surface area contributed by atoms with Crippen molar-refractivity contribution in [2.24, 2.45) is 0 Å². The number of rotatable bonds is 8. The molecule has 1 unspecified atom stereocenters. The number of benzene rings is 2. The Morgan fingerprint density at radius 1 is 1.03 bits per heavy atom. The fraction of sp³-hybridized carbons (Fsp3) is 0.536. The van der Waals surface area contributed by atoms with Crippen molar-refractivity contribution in [2.45, 2.75) is 58.3 Å². The zero-order chi connectivity index (χ0) is 25.9. The number of nitrogens with one attached hydrogen (secondary N) is 1. The van der Waals surface area contributed by atoms with Crippen LogP contribution in [0.4, 0.5) is 13.2 Å². The standard InChI is InChI=1S/C28H36F3N3O2/c1-19-20(2)26(36-18-13-32-24-5-4-6-24)12-11-25(19)21(3)33-14-16-34(17-15-33)27(35)22-7-9-23(10-8-22)28(29,30)31/h7-12,21,24,32H,4-6,13-18H2,1-3H3. The molecule has 0 bridgehead atoms. The van der Waals surface area contributed by atoms with Crippen molar-refractivity contribution in [3.8, 4) is 5.75 Å². The second kappa shape index (κ2) is 11.2. The Kier molecular flexibility index (Phi) is 8.25. The highest BCUT2D eigenvalue weighted by molar-refractivity contribution is 5.94. The van der Waals surface area contributed by atoms with Crippen LogP contribution in [0.25, 0.3) is 0 Å². The monoisotopic (exact) mass is 503 g/mol. The first-order valence-corrected chi connectivity index (χ1v) is 12.8. The molecule has 0 aromatic heterocycles. The van der Waals surface area contributed by atoms with Gasteiger partial charge in [-0.05, 0) is 80.6 Å². The average molecular weight is 504 g/mol. The number of amides is 1. The minimum Gasteiger partial charge on any atom is -0.492 e. The van der Waals surface area contributed by atoms with E-state index in [0.717, 1.165) is 30.0 Å². The minimum atomic E-state index is -4.41. The average Bonchev–Trinajstić information content (AvgIpc) is 2.84. The van der Waals surface area contributed by atoms with Crippen molar-refractivity contribution in [2.75, 3.05) is 39.3 Å². The first-order chi connectivity index (χ1) is 17.1. The van der Waals surface area contributed by atoms with Crippen LogP contribution in [0.1, 0.15) is 64.8 Å². The number of carbonyl (C=O) groups is 1. The molecule has 2 fully saturated rings. The van der Waals surface area contributed by atoms with Crippen LogP contribution in [-0.4, -0.2) is 61.1 Å². The summed E-state index contributed by atoms with van der Waals surface area (Å²) in [6.45, 7) is 10.4. The Morgan fingerprint density at radius 3 is 2.28 bits per heavy atom. The van der Waals surface area contributed by atoms with Gasteiger partial charge in [0.1, 0.15) is 12.4 Å². The van der Waals surface area contributed by atoms with Gasteiger partial charge in [0.05, 0.1) is 5.56 Å². The van der Waals surface area contributed by atoms with Gasteiger partial charge in [0.15, 0.2) is 0 Å². The van der Waals surface area contributed by atoms with Gasteiger partial charge in [-0.1, -0.05) is 12.5 Å². The predicted octanol–water partition coefficient (Wildman–Crippen LogP) is 5.36. The van der Waals surface area contributed by atoms with Crippen molar-refractivity contribution in [1.29, 1.82) is 0 Å². The van der Waals surface area contributed by atoms with Gasteiger partial charge in [-0.15, -0.1) is 0 Å². The SMILES string of the molecule is Cc1c(OCCNC2CCC2)ccc(C(C)N2CCN(C(=O)c3ccc(C(F)(F)F)cc3)CC2)c1C. The van der Waals surface area contributed by atoms with Gasteiger partial charge in [-0.3, -0.25) is 9.69 Å². The van der Waals surface area contributed by atoms with Crippen LogP contribution >= 0.6 is 0 Å². The summed E-state index contributed by atoms with van der Waals surface area (Å²) in [6, 6.07) is 9.50. The van der Waals surface area contributed by atoms with Crippen LogP contribution in [0.5, 0.6) is 5.75 Å². The Bertz CT molecular complexity index is 1040. The van der Waals surface area contributed by atoms with Crippen molar-refractivity contribution >= 4 is 5.91 Å². The van der Waals surface area contributed by atoms with E-state index in [0.29, 0.717) is 38.8 Å². The van der Waals surface area contributed by atoms with Crippen molar-refractivity contribution in [3.05, 3.63) is 64.2 Å². The molecular formula is C28H36F3N3O2. The molecule has 2 aromatic carbocycles. The third-order valence-corrected chi connectivity index (χ3v) is 7.74. The Labute approximate surface area is 211 Å². The molecule has 1 amide bonds. The zero-order valence-electron chi connectivity index (χ0n) is 21.3. The molecule has 196 valence electrons. The summed E-state index contributed by atoms with van der Waals surface area (Å²) in [6.07, 6.45) is -0.553. The van der Waals surface area contributed by atoms with E-state index < -0.39 is 11.7 Å². The third kappa shape index (κ3) is 6.03. The molecular weight excluding hydrogens is 467 g/mol. The highest BCUT2D eigenvalue weighted by Crippen LogP contribution is 2.32. The Balaban J connectivity index is 1.30. The highest BCUT2D eigenvalue weighted by atomic mass is 19.4. The van der Waals surface area contributed by atoms with Gasteiger partial charge in [-0.2, -0.15) is 13.2 Å². The van der Waals surface area contributed by atoms with E-state index in [4.69, 9.17) is 4.74 Å². The van der Waals surface area contributed by atoms with Gasteiger partial charge in [0.2, 0.25) is 0 Å². The lowest BCUT2D eigenvalue weighted by molar-refractivity contribution is -0.137. The van der Waals surface area contributed by atoms with E-state index in [1.807, 2.05) is 0 Å². The summed E-state index contributed by atoms with van der Waals surface area (Å²) < 4.78 is 44.5. The molecule has 1 N–H and O–H groups in total. The predicted molar refractivity (Wildman–Crippen MR) is 134 cm³/mol. The second-order valence-electron chi connectivity index (χ2n) is 9.91. The molecule has 1 atom stereocenters. The maximum Gasteiger partial charge on any atom is 0.416 e. The number of piperazine rings is 1. The Hall–Kier alpha value is -2.58. The number of carbonyl (C=O) groups excluding carboxylic acids is 1. The van der Waals surface area contributed by atoms with Crippen LogP contribution in [0.2, 0.25) is 0 Å². The van der Waals surface area contributed by atoms with E-state index in [2.05, 4.69) is 43.1 Å². The number of alkyl halides is 3. The molecule has 0 spiro atoms. The largest absolute Gasteiger partial charge is 0.492 e. The number of nitrogens with zero attached hydrogens (tertiary/aromatic N) is 2. The fourth-order valence-corrected chi connectivity index (χ4v) is 4.96. The van der Waals surface area contributed by atoms with E-state index in [-0.39, 0.29) is 17.5 Å². The van der Waals surface area contributed by atoms with Crippen LogP contribution in [0.3, 0.4) is 0 Å². The minimum absolute atomic E-state index is 0.182. The highest BCUT2D eigenvalue weighted by Gasteiger charge is 2.31. The maximum absolute atomic E-state index is 12.8. The maximum atomic E-state index is 12.8. The van der Waals surface area contributed by atoms with E-state index in [9.17, 15) is 18.0 Å². The van der Waals surface area contributed by atoms with Gasteiger partial charge in [0.25, 0.3) is 5.91 Å². The first-order valence-electron chi connectivity index (χ1n) is 12.8. The quantitative estimate of drug-likeness (QED) is 0.493. The van der Waals surface area contributed by atoms with Crippen LogP contribution < -0.4 is 10.1 Å². The molecule has 36 heavy (non-hydrogen) atoms. The van der Waals surface area contributed by atoms with E-state index >= 15 is 0 Å². The Morgan fingerprint density at radius 2 is 1.69 bits per heavy atom. The van der Waals surface area contributed by atoms with Crippen molar-refractivity contribution in [1.82, 2.24) is 15.1 Å². The summed E-state index contributed by atoms with van der Waals surface area (Å²) >= 11 is 0. The van der Waals surface area contributed by atoms with Crippen molar-refractivity contribution < 1.29 is 22.7 Å². The van der Waals surface area contributed by atoms with Crippen LogP contribution in [0, 0.1) is 13.8 Å². The van der Waals surface area contributed by atoms with Crippen LogP contribution in [0.15, 0.2) is 36.4 Å². The normalized spacial score (nSPS) is 18.1. The molecule has 0 radical (unpaired) electrons. The third-order valence-electron chi connectivity index (χ3n) is 7.74. The molecule has 1 heterocycles. The molecule has 1 aliphatic heterocycles. The molecule has 4 rings (SSSR count). The van der Waals surface area contributed by atoms with Gasteiger partial charge in [0, 0.05) is 50.4 Å². The molecule has 1 saturated carbocycles. The van der Waals surface area contributed by atoms with E-state index in [1.54, 1.807) is 4.90 Å². The smallest absolute Gasteiger partial charge is 0.416 e. The summed E-state index contributed by atoms with van der Waals surface area (Å²) in [7, 11) is 0. The molecule has 1 saturated heterocycles. The number of ether oxygens (including phenoxy) is 1. The summed E-state index contributed by atoms with van der Waals surface area (Å²) in [4.78, 5) is 16.9. The van der Waals surface area contributed by atoms with Gasteiger partial charge >= 0.3 is 6.18 Å². The molecule has 2 aromatic rings. The van der Waals surface area contributed by atoms with E-state index in [1.165, 1.54) is 42.5 Å². The molecule has 1 aliphatic carbocycles. The lowest BCUT2D eigenvalue weighted by Crippen LogP contribution is -2.49. The topological polar surface area (TPSA) is 44.8 Å². The molecule has 8 heteroatoms. The lowest BCUT2D eigenvalue weighted by atomic mass is 9.93. The number of hydrogen-bond donors (Lipinski definition) is 1. The van der Waals surface area contributed by atoms with Crippen molar-refractivity contribution in [3.63, 3.8) is 0 Å². The lowest BCUT2D eigenvalue weighted by Gasteiger charge is -2.39. The summed E-state index contributed by atoms with van der Waals surface area (Å²) in [5.74, 6) is 0.696. The number of halogens is 3. The van der Waals surface area contributed by atoms with Crippen LogP contribution in [-0.2, 0) is 6.18 Å². The summed E-state index contributed by atoms with van der Waals surface area (Å²) in [5.41, 5.74) is 3.16. The first kappa shape index (κ1) is 26.5. The second-order valence-corrected chi connectivity index (χ2v) is 9.91. The number of hydrogen-bond acceptors (Lipinski definition) is 4.